The van der Waals surface area contributed by atoms with Crippen LogP contribution in [-0.4, -0.2) is 61.6 Å². The maximum Gasteiger partial charge on any atom is 0.193 e. The largest absolute Gasteiger partial charge is 0.481 e. The highest BCUT2D eigenvalue weighted by molar-refractivity contribution is 5.80. The summed E-state index contributed by atoms with van der Waals surface area (Å²) in [6, 6.07) is 8.58. The molecule has 3 rings (SSSR count). The Morgan fingerprint density at radius 1 is 1.36 bits per heavy atom. The zero-order chi connectivity index (χ0) is 17.5. The molecule has 5 heteroatoms. The molecule has 1 N–H and O–H groups in total. The van der Waals surface area contributed by atoms with Gasteiger partial charge in [0.05, 0.1) is 0 Å². The van der Waals surface area contributed by atoms with E-state index >= 15 is 0 Å². The molecular formula is C20H26N4O. The highest BCUT2D eigenvalue weighted by atomic mass is 16.5. The van der Waals surface area contributed by atoms with Crippen LogP contribution >= 0.6 is 0 Å². The number of hydrogen-bond acceptors (Lipinski definition) is 3. The van der Waals surface area contributed by atoms with Gasteiger partial charge < -0.3 is 15.0 Å². The Bertz CT molecular complexity index is 669. The Labute approximate surface area is 150 Å². The number of hydrogen-bond donors (Lipinski definition) is 1. The summed E-state index contributed by atoms with van der Waals surface area (Å²) in [5.74, 6) is 4.28. The summed E-state index contributed by atoms with van der Waals surface area (Å²) in [4.78, 5) is 9.33. The van der Waals surface area contributed by atoms with Crippen molar-refractivity contribution in [1.29, 1.82) is 0 Å². The van der Waals surface area contributed by atoms with Crippen molar-refractivity contribution in [2.24, 2.45) is 4.99 Å². The number of nitrogens with one attached hydrogen (secondary N) is 1. The molecule has 132 valence electrons. The molecule has 0 amide bonds. The second-order valence-corrected chi connectivity index (χ2v) is 6.32. The predicted octanol–water partition coefficient (Wildman–Crippen LogP) is 1.72. The standard InChI is InChI=1S/C20H26N4O/c1-3-14-25-19-9-5-4-8-17(19)15-22-20(21-2)24-13-10-18(16-24)23-11-6-7-12-23/h1,4-9,18H,10-16H2,2H3,(H,21,22). The summed E-state index contributed by atoms with van der Waals surface area (Å²) < 4.78 is 5.62. The fourth-order valence-electron chi connectivity index (χ4n) is 3.44. The lowest BCUT2D eigenvalue weighted by molar-refractivity contribution is 0.259. The lowest BCUT2D eigenvalue weighted by atomic mass is 10.2. The van der Waals surface area contributed by atoms with Crippen molar-refractivity contribution in [3.63, 3.8) is 0 Å². The molecule has 1 aromatic carbocycles. The van der Waals surface area contributed by atoms with Gasteiger partial charge in [-0.2, -0.15) is 0 Å². The number of nitrogens with zero attached hydrogens (tertiary/aromatic N) is 3. The molecule has 2 heterocycles. The minimum atomic E-state index is 0.281. The molecule has 1 atom stereocenters. The smallest absolute Gasteiger partial charge is 0.193 e. The van der Waals surface area contributed by atoms with Crippen molar-refractivity contribution in [3.05, 3.63) is 42.0 Å². The first-order chi connectivity index (χ1) is 12.3. The quantitative estimate of drug-likeness (QED) is 0.384. The van der Waals surface area contributed by atoms with Gasteiger partial charge in [0.15, 0.2) is 5.96 Å². The van der Waals surface area contributed by atoms with Crippen molar-refractivity contribution in [2.45, 2.75) is 19.0 Å². The molecule has 0 saturated carbocycles. The summed E-state index contributed by atoms with van der Waals surface area (Å²) >= 11 is 0. The second-order valence-electron chi connectivity index (χ2n) is 6.32. The summed E-state index contributed by atoms with van der Waals surface area (Å²) in [6.07, 6.45) is 11.0. The molecular weight excluding hydrogens is 312 g/mol. The Kier molecular flexibility index (Phi) is 5.97. The molecule has 1 unspecified atom stereocenters. The topological polar surface area (TPSA) is 40.1 Å². The van der Waals surface area contributed by atoms with Crippen LogP contribution in [0.4, 0.5) is 0 Å². The van der Waals surface area contributed by atoms with Gasteiger partial charge >= 0.3 is 0 Å². The molecule has 1 saturated heterocycles. The van der Waals surface area contributed by atoms with E-state index in [1.165, 1.54) is 6.42 Å². The van der Waals surface area contributed by atoms with Gasteiger partial charge in [-0.3, -0.25) is 9.89 Å². The first-order valence-corrected chi connectivity index (χ1v) is 8.80. The SMILES string of the molecule is C#CCOc1ccccc1CNC(=NC)N1CCC(N2CC=CC2)C1. The molecule has 0 aliphatic carbocycles. The summed E-state index contributed by atoms with van der Waals surface area (Å²) in [7, 11) is 1.84. The molecule has 0 aromatic heterocycles. The number of benzene rings is 1. The number of ether oxygens (including phenoxy) is 1. The lowest BCUT2D eigenvalue weighted by Gasteiger charge is -2.25. The van der Waals surface area contributed by atoms with Crippen molar-refractivity contribution < 1.29 is 4.74 Å². The molecule has 1 fully saturated rings. The van der Waals surface area contributed by atoms with E-state index in [0.29, 0.717) is 12.6 Å². The van der Waals surface area contributed by atoms with E-state index in [4.69, 9.17) is 11.2 Å². The van der Waals surface area contributed by atoms with Gasteiger partial charge in [0.2, 0.25) is 0 Å². The van der Waals surface area contributed by atoms with Crippen molar-refractivity contribution in [3.8, 4) is 18.1 Å². The van der Waals surface area contributed by atoms with Crippen LogP contribution in [0.5, 0.6) is 5.75 Å². The minimum Gasteiger partial charge on any atom is -0.481 e. The van der Waals surface area contributed by atoms with Crippen LogP contribution in [-0.2, 0) is 6.54 Å². The van der Waals surface area contributed by atoms with E-state index < -0.39 is 0 Å². The molecule has 0 bridgehead atoms. The van der Waals surface area contributed by atoms with E-state index in [1.54, 1.807) is 0 Å². The van der Waals surface area contributed by atoms with Crippen LogP contribution in [0.1, 0.15) is 12.0 Å². The van der Waals surface area contributed by atoms with Gasteiger partial charge in [-0.1, -0.05) is 36.3 Å². The number of terminal acetylenes is 1. The number of likely N-dealkylation sites (tertiary alicyclic amines) is 1. The Balaban J connectivity index is 1.56. The lowest BCUT2D eigenvalue weighted by Crippen LogP contribution is -2.42. The molecule has 2 aliphatic heterocycles. The van der Waals surface area contributed by atoms with E-state index in [1.807, 2.05) is 25.2 Å². The highest BCUT2D eigenvalue weighted by Crippen LogP contribution is 2.20. The average molecular weight is 338 g/mol. The number of aliphatic imine (C=N–C) groups is 1. The first kappa shape index (κ1) is 17.4. The number of rotatable bonds is 5. The van der Waals surface area contributed by atoms with Gasteiger partial charge in [0.1, 0.15) is 12.4 Å². The second kappa shape index (κ2) is 8.59. The number of guanidine groups is 1. The van der Waals surface area contributed by atoms with Crippen molar-refractivity contribution >= 4 is 5.96 Å². The van der Waals surface area contributed by atoms with E-state index in [2.05, 4.69) is 44.2 Å². The number of para-hydroxylation sites is 1. The van der Waals surface area contributed by atoms with Crippen molar-refractivity contribution in [1.82, 2.24) is 15.1 Å². The highest BCUT2D eigenvalue weighted by Gasteiger charge is 2.29. The van der Waals surface area contributed by atoms with E-state index in [9.17, 15) is 0 Å². The monoisotopic (exact) mass is 338 g/mol. The molecule has 2 aliphatic rings. The third-order valence-corrected chi connectivity index (χ3v) is 4.76. The average Bonchev–Trinajstić information content (AvgIpc) is 3.33. The molecule has 0 spiro atoms. The fraction of sp³-hybridized carbons (Fsp3) is 0.450. The molecule has 1 aromatic rings. The zero-order valence-electron chi connectivity index (χ0n) is 14.8. The van der Waals surface area contributed by atoms with Crippen molar-refractivity contribution in [2.75, 3.05) is 39.8 Å². The van der Waals surface area contributed by atoms with E-state index in [-0.39, 0.29) is 6.61 Å². The van der Waals surface area contributed by atoms with Crippen LogP contribution in [0.25, 0.3) is 0 Å². The Hall–Kier alpha value is -2.45. The van der Waals surface area contributed by atoms with Crippen LogP contribution in [0.3, 0.4) is 0 Å². The Morgan fingerprint density at radius 2 is 2.16 bits per heavy atom. The van der Waals surface area contributed by atoms with Gasteiger partial charge in [-0.05, 0) is 12.5 Å². The van der Waals surface area contributed by atoms with Gasteiger partial charge in [0.25, 0.3) is 0 Å². The predicted molar refractivity (Wildman–Crippen MR) is 102 cm³/mol. The van der Waals surface area contributed by atoms with E-state index in [0.717, 1.165) is 43.5 Å². The third kappa shape index (κ3) is 4.34. The summed E-state index contributed by atoms with van der Waals surface area (Å²) in [6.45, 7) is 5.16. The zero-order valence-corrected chi connectivity index (χ0v) is 14.8. The molecule has 5 nitrogen and oxygen atoms in total. The maximum absolute atomic E-state index is 5.62. The van der Waals surface area contributed by atoms with Gasteiger partial charge in [-0.15, -0.1) is 6.42 Å². The molecule has 0 radical (unpaired) electrons. The first-order valence-electron chi connectivity index (χ1n) is 8.80. The summed E-state index contributed by atoms with van der Waals surface area (Å²) in [5.41, 5.74) is 1.08. The van der Waals surface area contributed by atoms with Gasteiger partial charge in [-0.25, -0.2) is 0 Å². The Morgan fingerprint density at radius 3 is 2.92 bits per heavy atom. The molecule has 25 heavy (non-hydrogen) atoms. The normalized spacial score (nSPS) is 20.7. The maximum atomic E-state index is 5.62. The summed E-state index contributed by atoms with van der Waals surface area (Å²) in [5, 5.41) is 3.47. The fourth-order valence-corrected chi connectivity index (χ4v) is 3.44. The van der Waals surface area contributed by atoms with Crippen LogP contribution in [0.15, 0.2) is 41.4 Å². The third-order valence-electron chi connectivity index (χ3n) is 4.76. The van der Waals surface area contributed by atoms with Crippen LogP contribution in [0, 0.1) is 12.3 Å². The minimum absolute atomic E-state index is 0.281. The van der Waals surface area contributed by atoms with Gasteiger partial charge in [0, 0.05) is 51.4 Å². The van der Waals surface area contributed by atoms with Crippen LogP contribution < -0.4 is 10.1 Å². The van der Waals surface area contributed by atoms with Crippen LogP contribution in [0.2, 0.25) is 0 Å².